The Balaban J connectivity index is 1.71. The molecule has 0 aliphatic carbocycles. The van der Waals surface area contributed by atoms with Crippen LogP contribution in [0, 0.1) is 5.92 Å². The summed E-state index contributed by atoms with van der Waals surface area (Å²) in [5, 5.41) is 6.29. The molecule has 3 aromatic rings. The summed E-state index contributed by atoms with van der Waals surface area (Å²) in [5.74, 6) is -0.0167. The largest absolute Gasteiger partial charge is 0.389 e. The number of amides is 1. The van der Waals surface area contributed by atoms with Crippen LogP contribution in [0.5, 0.6) is 0 Å². The van der Waals surface area contributed by atoms with Crippen LogP contribution in [0.2, 0.25) is 0 Å². The molecule has 2 aromatic carbocycles. The summed E-state index contributed by atoms with van der Waals surface area (Å²) >= 11 is 5.04. The van der Waals surface area contributed by atoms with E-state index in [1.807, 2.05) is 74.5 Å². The maximum absolute atomic E-state index is 12.9. The number of hydrogen-bond donors (Lipinski definition) is 3. The minimum absolute atomic E-state index is 0.0829. The number of nitrogens with two attached hydrogens (primary N) is 1. The van der Waals surface area contributed by atoms with E-state index in [0.29, 0.717) is 4.99 Å². The maximum Gasteiger partial charge on any atom is 0.247 e. The monoisotopic (exact) mass is 404 g/mol. The number of rotatable bonds is 7. The molecule has 1 heterocycles. The Morgan fingerprint density at radius 1 is 0.966 bits per heavy atom. The van der Waals surface area contributed by atoms with Crippen molar-refractivity contribution in [2.45, 2.75) is 19.9 Å². The highest BCUT2D eigenvalue weighted by Gasteiger charge is 2.22. The molecule has 0 bridgehead atoms. The number of benzene rings is 2. The van der Waals surface area contributed by atoms with Crippen molar-refractivity contribution in [1.82, 2.24) is 4.98 Å². The van der Waals surface area contributed by atoms with Crippen LogP contribution < -0.4 is 16.4 Å². The fourth-order valence-corrected chi connectivity index (χ4v) is 3.11. The first kappa shape index (κ1) is 20.5. The molecule has 4 N–H and O–H groups in total. The van der Waals surface area contributed by atoms with Gasteiger partial charge in [-0.15, -0.1) is 0 Å². The van der Waals surface area contributed by atoms with Gasteiger partial charge in [0.25, 0.3) is 0 Å². The number of pyridine rings is 1. The summed E-state index contributed by atoms with van der Waals surface area (Å²) in [4.78, 5) is 17.3. The van der Waals surface area contributed by atoms with Crippen molar-refractivity contribution in [3.8, 4) is 11.1 Å². The van der Waals surface area contributed by atoms with Crippen molar-refractivity contribution in [2.24, 2.45) is 11.7 Å². The smallest absolute Gasteiger partial charge is 0.247 e. The van der Waals surface area contributed by atoms with Gasteiger partial charge in [0.2, 0.25) is 5.91 Å². The highest BCUT2D eigenvalue weighted by atomic mass is 32.1. The van der Waals surface area contributed by atoms with Crippen LogP contribution in [0.4, 0.5) is 11.4 Å². The van der Waals surface area contributed by atoms with E-state index >= 15 is 0 Å². The Bertz CT molecular complexity index is 987. The van der Waals surface area contributed by atoms with Crippen LogP contribution in [0.15, 0.2) is 73.1 Å². The molecule has 0 radical (unpaired) electrons. The number of nitrogens with zero attached hydrogens (tertiary/aromatic N) is 1. The Labute approximate surface area is 176 Å². The number of anilines is 2. The molecule has 1 atom stereocenters. The first-order valence-corrected chi connectivity index (χ1v) is 9.82. The minimum atomic E-state index is -0.406. The van der Waals surface area contributed by atoms with E-state index < -0.39 is 6.04 Å². The summed E-state index contributed by atoms with van der Waals surface area (Å²) < 4.78 is 0. The van der Waals surface area contributed by atoms with Gasteiger partial charge in [-0.3, -0.25) is 9.78 Å². The molecule has 5 nitrogen and oxygen atoms in total. The first-order chi connectivity index (χ1) is 13.9. The molecule has 6 heteroatoms. The van der Waals surface area contributed by atoms with E-state index in [1.54, 1.807) is 12.4 Å². The number of hydrogen-bond acceptors (Lipinski definition) is 4. The van der Waals surface area contributed by atoms with Gasteiger partial charge in [0.15, 0.2) is 0 Å². The molecule has 0 aliphatic rings. The van der Waals surface area contributed by atoms with Gasteiger partial charge in [-0.05, 0) is 53.4 Å². The third-order valence-electron chi connectivity index (χ3n) is 4.58. The number of aromatic nitrogens is 1. The van der Waals surface area contributed by atoms with E-state index in [-0.39, 0.29) is 11.8 Å². The van der Waals surface area contributed by atoms with Gasteiger partial charge in [0.1, 0.15) is 11.0 Å². The van der Waals surface area contributed by atoms with Crippen molar-refractivity contribution < 1.29 is 4.79 Å². The van der Waals surface area contributed by atoms with E-state index in [2.05, 4.69) is 15.6 Å². The normalized spacial score (nSPS) is 11.7. The summed E-state index contributed by atoms with van der Waals surface area (Å²) in [6.07, 6.45) is 3.52. The Hall–Kier alpha value is -3.25. The van der Waals surface area contributed by atoms with Gasteiger partial charge in [-0.2, -0.15) is 0 Å². The summed E-state index contributed by atoms with van der Waals surface area (Å²) in [5.41, 5.74) is 10.2. The summed E-state index contributed by atoms with van der Waals surface area (Å²) in [7, 11) is 0. The number of nitrogens with one attached hydrogen (secondary N) is 2. The van der Waals surface area contributed by atoms with Crippen LogP contribution >= 0.6 is 12.2 Å². The number of carbonyl (C=O) groups is 1. The second-order valence-electron chi connectivity index (χ2n) is 7.11. The lowest BCUT2D eigenvalue weighted by atomic mass is 10.0. The predicted octanol–water partition coefficient (Wildman–Crippen LogP) is 4.46. The number of carbonyl (C=O) groups excluding carboxylic acids is 1. The first-order valence-electron chi connectivity index (χ1n) is 9.42. The van der Waals surface area contributed by atoms with Crippen LogP contribution in [0.1, 0.15) is 19.4 Å². The molecular weight excluding hydrogens is 380 g/mol. The lowest BCUT2D eigenvalue weighted by molar-refractivity contribution is -0.117. The van der Waals surface area contributed by atoms with Crippen LogP contribution in [0.3, 0.4) is 0 Å². The minimum Gasteiger partial charge on any atom is -0.389 e. The van der Waals surface area contributed by atoms with Gasteiger partial charge < -0.3 is 16.4 Å². The predicted molar refractivity (Wildman–Crippen MR) is 123 cm³/mol. The van der Waals surface area contributed by atoms with Crippen molar-refractivity contribution >= 4 is 34.5 Å². The molecule has 0 spiro atoms. The molecule has 148 valence electrons. The molecule has 1 aromatic heterocycles. The average molecular weight is 405 g/mol. The molecule has 0 saturated heterocycles. The highest BCUT2D eigenvalue weighted by molar-refractivity contribution is 7.80. The summed E-state index contributed by atoms with van der Waals surface area (Å²) in [6, 6.07) is 18.7. The Kier molecular flexibility index (Phi) is 6.57. The van der Waals surface area contributed by atoms with E-state index in [4.69, 9.17) is 18.0 Å². The van der Waals surface area contributed by atoms with Gasteiger partial charge in [-0.25, -0.2) is 0 Å². The van der Waals surface area contributed by atoms with Gasteiger partial charge >= 0.3 is 0 Å². The lowest BCUT2D eigenvalue weighted by Gasteiger charge is -2.23. The number of thiocarbonyl (C=S) groups is 1. The van der Waals surface area contributed by atoms with Gasteiger partial charge in [0, 0.05) is 29.3 Å². The average Bonchev–Trinajstić information content (AvgIpc) is 2.73. The standard InChI is InChI=1S/C23H24N4OS/c1-15(2)21(26-20-5-3-4-18(14-20)22(24)29)23(28)27-19-8-6-16(7-9-19)17-10-12-25-13-11-17/h3-15,21,26H,1-2H3,(H2,24,29)(H,27,28). The zero-order chi connectivity index (χ0) is 20.8. The fourth-order valence-electron chi connectivity index (χ4n) is 2.99. The van der Waals surface area contributed by atoms with Crippen LogP contribution in [-0.2, 0) is 4.79 Å². The Morgan fingerprint density at radius 2 is 1.62 bits per heavy atom. The van der Waals surface area contributed by atoms with Crippen molar-refractivity contribution in [3.63, 3.8) is 0 Å². The third kappa shape index (κ3) is 5.39. The topological polar surface area (TPSA) is 80.0 Å². The second-order valence-corrected chi connectivity index (χ2v) is 7.55. The molecule has 0 fully saturated rings. The SMILES string of the molecule is CC(C)C(Nc1cccc(C(N)=S)c1)C(=O)Nc1ccc(-c2ccncc2)cc1. The third-order valence-corrected chi connectivity index (χ3v) is 4.82. The summed E-state index contributed by atoms with van der Waals surface area (Å²) in [6.45, 7) is 4.00. The van der Waals surface area contributed by atoms with E-state index in [9.17, 15) is 4.79 Å². The quantitative estimate of drug-likeness (QED) is 0.507. The van der Waals surface area contributed by atoms with Crippen molar-refractivity contribution in [1.29, 1.82) is 0 Å². The molecule has 1 amide bonds. The van der Waals surface area contributed by atoms with Crippen molar-refractivity contribution in [3.05, 3.63) is 78.6 Å². The zero-order valence-electron chi connectivity index (χ0n) is 16.4. The molecule has 29 heavy (non-hydrogen) atoms. The second kappa shape index (κ2) is 9.30. The van der Waals surface area contributed by atoms with Crippen molar-refractivity contribution in [2.75, 3.05) is 10.6 Å². The molecular formula is C23H24N4OS. The Morgan fingerprint density at radius 3 is 2.24 bits per heavy atom. The van der Waals surface area contributed by atoms with E-state index in [1.165, 1.54) is 0 Å². The molecule has 0 aliphatic heterocycles. The maximum atomic E-state index is 12.9. The molecule has 3 rings (SSSR count). The zero-order valence-corrected chi connectivity index (χ0v) is 17.2. The fraction of sp³-hybridized carbons (Fsp3) is 0.174. The molecule has 1 unspecified atom stereocenters. The molecule has 0 saturated carbocycles. The van der Waals surface area contributed by atoms with Gasteiger partial charge in [0.05, 0.1) is 0 Å². The van der Waals surface area contributed by atoms with Crippen LogP contribution in [-0.4, -0.2) is 21.9 Å². The van der Waals surface area contributed by atoms with Gasteiger partial charge in [-0.1, -0.05) is 50.3 Å². The van der Waals surface area contributed by atoms with E-state index in [0.717, 1.165) is 28.1 Å². The highest BCUT2D eigenvalue weighted by Crippen LogP contribution is 2.21. The lowest BCUT2D eigenvalue weighted by Crippen LogP contribution is -2.38. The van der Waals surface area contributed by atoms with Crippen LogP contribution in [0.25, 0.3) is 11.1 Å².